The summed E-state index contributed by atoms with van der Waals surface area (Å²) in [7, 11) is 0. The fourth-order valence-corrected chi connectivity index (χ4v) is 4.82. The summed E-state index contributed by atoms with van der Waals surface area (Å²) in [4.78, 5) is 28.3. The van der Waals surface area contributed by atoms with Gasteiger partial charge in [-0.25, -0.2) is 9.18 Å². The van der Waals surface area contributed by atoms with E-state index in [0.717, 1.165) is 31.8 Å². The van der Waals surface area contributed by atoms with Crippen molar-refractivity contribution >= 4 is 11.9 Å². The van der Waals surface area contributed by atoms with E-state index in [-0.39, 0.29) is 42.4 Å². The molecule has 11 heteroatoms. The molecule has 4 rings (SSSR count). The number of ether oxygens (including phenoxy) is 1. The molecule has 4 atom stereocenters. The average Bonchev–Trinajstić information content (AvgIpc) is 3.64. The number of aliphatic hydroxyl groups is 1. The summed E-state index contributed by atoms with van der Waals surface area (Å²) in [6.07, 6.45) is 1.06. The lowest BCUT2D eigenvalue weighted by Gasteiger charge is -2.39. The van der Waals surface area contributed by atoms with Crippen LogP contribution in [0.5, 0.6) is 0 Å². The Morgan fingerprint density at radius 1 is 1.25 bits per heavy atom. The predicted molar refractivity (Wildman–Crippen MR) is 104 cm³/mol. The second-order valence-corrected chi connectivity index (χ2v) is 8.91. The number of piperidine rings is 1. The topological polar surface area (TPSA) is 82.1 Å². The lowest BCUT2D eigenvalue weighted by Crippen LogP contribution is -2.55. The lowest BCUT2D eigenvalue weighted by atomic mass is 9.93. The summed E-state index contributed by atoms with van der Waals surface area (Å²) in [5.74, 6) is -2.30. The number of allylic oxidation sites excluding steroid dienone is 3. The van der Waals surface area contributed by atoms with E-state index in [9.17, 15) is 32.3 Å². The Morgan fingerprint density at radius 3 is 2.62 bits per heavy atom. The van der Waals surface area contributed by atoms with Gasteiger partial charge in [-0.05, 0) is 50.5 Å². The number of nitrogens with one attached hydrogen (secondary N) is 1. The zero-order chi connectivity index (χ0) is 23.0. The summed E-state index contributed by atoms with van der Waals surface area (Å²) in [5, 5.41) is 12.2. The highest BCUT2D eigenvalue weighted by Gasteiger charge is 2.47. The van der Waals surface area contributed by atoms with Crippen LogP contribution in [0.3, 0.4) is 0 Å². The van der Waals surface area contributed by atoms with Crippen LogP contribution in [0.2, 0.25) is 0 Å². The van der Waals surface area contributed by atoms with E-state index in [1.54, 1.807) is 9.80 Å². The highest BCUT2D eigenvalue weighted by molar-refractivity contribution is 5.79. The molecule has 3 amide bonds. The smallest absolute Gasteiger partial charge is 0.406 e. The Kier molecular flexibility index (Phi) is 6.37. The zero-order valence-corrected chi connectivity index (χ0v) is 17.5. The van der Waals surface area contributed by atoms with Crippen LogP contribution in [0.4, 0.5) is 22.4 Å². The van der Waals surface area contributed by atoms with Crippen molar-refractivity contribution in [2.45, 2.75) is 63.0 Å². The summed E-state index contributed by atoms with van der Waals surface area (Å²) < 4.78 is 55.0. The maximum Gasteiger partial charge on any atom is 0.573 e. The van der Waals surface area contributed by atoms with E-state index in [4.69, 9.17) is 0 Å². The van der Waals surface area contributed by atoms with E-state index in [2.05, 4.69) is 10.1 Å². The number of aliphatic hydroxyl groups excluding tert-OH is 1. The van der Waals surface area contributed by atoms with Gasteiger partial charge in [-0.1, -0.05) is 0 Å². The number of amides is 3. The van der Waals surface area contributed by atoms with Gasteiger partial charge in [0.05, 0.1) is 0 Å². The third-order valence-corrected chi connectivity index (χ3v) is 6.55. The molecule has 2 saturated carbocycles. The zero-order valence-electron chi connectivity index (χ0n) is 17.5. The van der Waals surface area contributed by atoms with Crippen molar-refractivity contribution in [1.82, 2.24) is 15.1 Å². The number of hydrogen-bond acceptors (Lipinski definition) is 4. The molecule has 2 N–H and O–H groups in total. The van der Waals surface area contributed by atoms with Gasteiger partial charge in [0.25, 0.3) is 0 Å². The number of carbonyl (C=O) groups excluding carboxylic acids is 2. The summed E-state index contributed by atoms with van der Waals surface area (Å²) in [6.45, 7) is 0.377. The molecule has 1 aliphatic heterocycles. The van der Waals surface area contributed by atoms with Gasteiger partial charge in [0.1, 0.15) is 18.2 Å². The first-order chi connectivity index (χ1) is 15.2. The minimum absolute atomic E-state index is 0.0796. The molecular formula is C21H27F4N3O4. The van der Waals surface area contributed by atoms with Crippen LogP contribution < -0.4 is 5.32 Å². The van der Waals surface area contributed by atoms with Gasteiger partial charge in [0, 0.05) is 43.2 Å². The van der Waals surface area contributed by atoms with Gasteiger partial charge in [-0.15, -0.1) is 13.2 Å². The van der Waals surface area contributed by atoms with Gasteiger partial charge < -0.3 is 25.0 Å². The molecule has 3 fully saturated rings. The minimum atomic E-state index is -4.87. The van der Waals surface area contributed by atoms with Crippen LogP contribution in [0.15, 0.2) is 23.7 Å². The van der Waals surface area contributed by atoms with Crippen LogP contribution in [0.1, 0.15) is 38.5 Å². The van der Waals surface area contributed by atoms with E-state index in [0.29, 0.717) is 19.5 Å². The van der Waals surface area contributed by atoms with E-state index >= 15 is 0 Å². The fourth-order valence-electron chi connectivity index (χ4n) is 4.82. The quantitative estimate of drug-likeness (QED) is 0.596. The standard InChI is InChI=1S/C21H27F4N3O4/c22-17-8-14(32-21(23,24)25)5-6-15(17)16-9-18(16)26-20(31)27-7-1-2-13(10-27)28(12-3-4-12)19(30)11-29/h5,8,12-13,15-16,18,29H,1-4,6-7,9-11H2,(H,26,31)/t13-,15?,16+,18-/m1/s1. The van der Waals surface area contributed by atoms with E-state index in [1.807, 2.05) is 0 Å². The molecule has 7 nitrogen and oxygen atoms in total. The molecule has 0 bridgehead atoms. The Bertz CT molecular complexity index is 811. The van der Waals surface area contributed by atoms with Crippen LogP contribution in [-0.4, -0.2) is 71.0 Å². The van der Waals surface area contributed by atoms with Crippen molar-refractivity contribution in [2.75, 3.05) is 19.7 Å². The normalized spacial score (nSPS) is 30.2. The number of alkyl halides is 3. The van der Waals surface area contributed by atoms with Crippen molar-refractivity contribution in [2.24, 2.45) is 11.8 Å². The highest BCUT2D eigenvalue weighted by atomic mass is 19.4. The number of urea groups is 1. The molecule has 178 valence electrons. The van der Waals surface area contributed by atoms with Crippen LogP contribution in [0.25, 0.3) is 0 Å². The van der Waals surface area contributed by atoms with Crippen LogP contribution in [-0.2, 0) is 9.53 Å². The molecule has 4 aliphatic rings. The number of carbonyl (C=O) groups is 2. The van der Waals surface area contributed by atoms with Crippen molar-refractivity contribution in [1.29, 1.82) is 0 Å². The first-order valence-corrected chi connectivity index (χ1v) is 11.0. The Labute approximate surface area is 183 Å². The lowest BCUT2D eigenvalue weighted by molar-refractivity contribution is -0.303. The fraction of sp³-hybridized carbons (Fsp3) is 0.714. The molecule has 3 aliphatic carbocycles. The van der Waals surface area contributed by atoms with Crippen LogP contribution >= 0.6 is 0 Å². The monoisotopic (exact) mass is 461 g/mol. The maximum atomic E-state index is 14.4. The van der Waals surface area contributed by atoms with Gasteiger partial charge in [0.15, 0.2) is 0 Å². The minimum Gasteiger partial charge on any atom is -0.406 e. The van der Waals surface area contributed by atoms with Crippen molar-refractivity contribution in [3.63, 3.8) is 0 Å². The summed E-state index contributed by atoms with van der Waals surface area (Å²) in [5.41, 5.74) is 0. The molecule has 0 aromatic rings. The van der Waals surface area contributed by atoms with Gasteiger partial charge in [-0.2, -0.15) is 0 Å². The molecule has 32 heavy (non-hydrogen) atoms. The van der Waals surface area contributed by atoms with Crippen molar-refractivity contribution in [3.8, 4) is 0 Å². The molecular weight excluding hydrogens is 434 g/mol. The Morgan fingerprint density at radius 2 is 2.00 bits per heavy atom. The molecule has 1 saturated heterocycles. The van der Waals surface area contributed by atoms with Crippen LogP contribution in [0, 0.1) is 11.8 Å². The predicted octanol–water partition coefficient (Wildman–Crippen LogP) is 2.83. The second kappa shape index (κ2) is 8.92. The largest absolute Gasteiger partial charge is 0.573 e. The average molecular weight is 461 g/mol. The SMILES string of the molecule is O=C(N[C@@H]1C[C@H]1C1CC=C(OC(F)(F)F)C=C1F)N1CCC[C@@H](N(C(=O)CO)C2CC2)C1. The van der Waals surface area contributed by atoms with E-state index in [1.165, 1.54) is 6.08 Å². The first kappa shape index (κ1) is 22.9. The van der Waals surface area contributed by atoms with Crippen molar-refractivity contribution in [3.05, 3.63) is 23.7 Å². The Balaban J connectivity index is 1.28. The third-order valence-electron chi connectivity index (χ3n) is 6.55. The number of hydrogen-bond donors (Lipinski definition) is 2. The first-order valence-electron chi connectivity index (χ1n) is 11.0. The molecule has 1 unspecified atom stereocenters. The van der Waals surface area contributed by atoms with Gasteiger partial charge in [-0.3, -0.25) is 4.79 Å². The molecule has 0 aromatic heterocycles. The number of halogens is 4. The highest BCUT2D eigenvalue weighted by Crippen LogP contribution is 2.45. The summed E-state index contributed by atoms with van der Waals surface area (Å²) >= 11 is 0. The number of likely N-dealkylation sites (tertiary alicyclic amines) is 1. The van der Waals surface area contributed by atoms with Gasteiger partial charge in [0.2, 0.25) is 5.91 Å². The number of rotatable bonds is 6. The molecule has 1 heterocycles. The molecule has 0 spiro atoms. The van der Waals surface area contributed by atoms with Gasteiger partial charge >= 0.3 is 12.4 Å². The Hall–Kier alpha value is -2.30. The number of nitrogens with zero attached hydrogens (tertiary/aromatic N) is 2. The molecule has 0 aromatic carbocycles. The second-order valence-electron chi connectivity index (χ2n) is 8.91. The third kappa shape index (κ3) is 5.36. The molecule has 0 radical (unpaired) electrons. The summed E-state index contributed by atoms with van der Waals surface area (Å²) in [6, 6.07) is -0.529. The maximum absolute atomic E-state index is 14.4. The van der Waals surface area contributed by atoms with E-state index < -0.39 is 30.5 Å². The van der Waals surface area contributed by atoms with Crippen molar-refractivity contribution < 1.29 is 37.0 Å².